The van der Waals surface area contributed by atoms with Crippen LogP contribution in [0.4, 0.5) is 23.4 Å². The van der Waals surface area contributed by atoms with Crippen LogP contribution < -0.4 is 10.5 Å². The number of nitrogen functional groups attached to an aromatic ring is 1. The van der Waals surface area contributed by atoms with E-state index in [1.54, 1.807) is 0 Å². The maximum atomic E-state index is 12.7. The Kier molecular flexibility index (Phi) is 2.84. The van der Waals surface area contributed by atoms with Crippen LogP contribution in [0.3, 0.4) is 0 Å². The molecule has 1 aromatic rings. The molecule has 0 saturated heterocycles. The molecule has 0 unspecified atom stereocenters. The minimum absolute atomic E-state index is 0.0261. The highest BCUT2D eigenvalue weighted by Gasteiger charge is 2.33. The third-order valence-corrected chi connectivity index (χ3v) is 1.79. The number of ether oxygens (including phenoxy) is 1. The SMILES string of the molecule is Nc1nc(F)c(OC(F)(F)F)cc1Br. The van der Waals surface area contributed by atoms with E-state index >= 15 is 0 Å². The summed E-state index contributed by atoms with van der Waals surface area (Å²) in [4.78, 5) is 3.00. The minimum Gasteiger partial charge on any atom is -0.401 e. The fraction of sp³-hybridized carbons (Fsp3) is 0.167. The fourth-order valence-corrected chi connectivity index (χ4v) is 0.956. The third-order valence-electron chi connectivity index (χ3n) is 1.15. The molecule has 14 heavy (non-hydrogen) atoms. The second-order valence-electron chi connectivity index (χ2n) is 2.19. The average Bonchev–Trinajstić information content (AvgIpc) is 1.97. The minimum atomic E-state index is -4.96. The first-order chi connectivity index (χ1) is 6.29. The van der Waals surface area contributed by atoms with Crippen molar-refractivity contribution in [3.63, 3.8) is 0 Å². The summed E-state index contributed by atoms with van der Waals surface area (Å²) >= 11 is 2.79. The molecule has 1 rings (SSSR count). The van der Waals surface area contributed by atoms with Crippen molar-refractivity contribution in [3.05, 3.63) is 16.5 Å². The molecule has 0 aliphatic carbocycles. The van der Waals surface area contributed by atoms with Gasteiger partial charge in [-0.15, -0.1) is 13.2 Å². The first kappa shape index (κ1) is 11.0. The van der Waals surface area contributed by atoms with Crippen molar-refractivity contribution in [3.8, 4) is 5.75 Å². The van der Waals surface area contributed by atoms with Crippen LogP contribution in [0, 0.1) is 5.95 Å². The zero-order valence-corrected chi connectivity index (χ0v) is 7.99. The molecule has 0 aliphatic rings. The van der Waals surface area contributed by atoms with Crippen molar-refractivity contribution in [2.24, 2.45) is 0 Å². The Balaban J connectivity index is 3.04. The summed E-state index contributed by atoms with van der Waals surface area (Å²) in [6.45, 7) is 0. The van der Waals surface area contributed by atoms with E-state index in [4.69, 9.17) is 5.73 Å². The summed E-state index contributed by atoms with van der Waals surface area (Å²) in [6.07, 6.45) is -4.96. The largest absolute Gasteiger partial charge is 0.573 e. The molecule has 78 valence electrons. The first-order valence-corrected chi connectivity index (χ1v) is 3.96. The lowest BCUT2D eigenvalue weighted by Crippen LogP contribution is -2.18. The number of alkyl halides is 3. The van der Waals surface area contributed by atoms with E-state index < -0.39 is 18.1 Å². The van der Waals surface area contributed by atoms with Crippen LogP contribution in [-0.4, -0.2) is 11.3 Å². The molecule has 8 heteroatoms. The van der Waals surface area contributed by atoms with Crippen LogP contribution in [-0.2, 0) is 0 Å². The average molecular weight is 275 g/mol. The third kappa shape index (κ3) is 2.72. The van der Waals surface area contributed by atoms with Gasteiger partial charge < -0.3 is 10.5 Å². The smallest absolute Gasteiger partial charge is 0.401 e. The summed E-state index contributed by atoms with van der Waals surface area (Å²) in [6, 6.07) is 0.755. The van der Waals surface area contributed by atoms with Gasteiger partial charge in [-0.1, -0.05) is 0 Å². The van der Waals surface area contributed by atoms with Gasteiger partial charge in [0.25, 0.3) is 5.95 Å². The van der Waals surface area contributed by atoms with Gasteiger partial charge in [0.1, 0.15) is 5.82 Å². The van der Waals surface area contributed by atoms with Gasteiger partial charge in [0, 0.05) is 6.07 Å². The van der Waals surface area contributed by atoms with Gasteiger partial charge in [0.2, 0.25) is 0 Å². The second-order valence-corrected chi connectivity index (χ2v) is 3.05. The highest BCUT2D eigenvalue weighted by atomic mass is 79.9. The van der Waals surface area contributed by atoms with Crippen LogP contribution in [0.15, 0.2) is 10.5 Å². The predicted molar refractivity (Wildman–Crippen MR) is 43.0 cm³/mol. The van der Waals surface area contributed by atoms with Crippen molar-refractivity contribution >= 4 is 21.7 Å². The lowest BCUT2D eigenvalue weighted by Gasteiger charge is -2.09. The highest BCUT2D eigenvalue weighted by Crippen LogP contribution is 2.29. The van der Waals surface area contributed by atoms with Crippen molar-refractivity contribution in [2.45, 2.75) is 6.36 Å². The topological polar surface area (TPSA) is 48.1 Å². The molecule has 3 nitrogen and oxygen atoms in total. The van der Waals surface area contributed by atoms with E-state index in [9.17, 15) is 17.6 Å². The van der Waals surface area contributed by atoms with E-state index in [1.165, 1.54) is 0 Å². The predicted octanol–water partition coefficient (Wildman–Crippen LogP) is 2.46. The molecule has 0 radical (unpaired) electrons. The second kappa shape index (κ2) is 3.60. The van der Waals surface area contributed by atoms with Crippen molar-refractivity contribution in [1.82, 2.24) is 4.98 Å². The highest BCUT2D eigenvalue weighted by molar-refractivity contribution is 9.10. The number of anilines is 1. The van der Waals surface area contributed by atoms with Gasteiger partial charge in [-0.3, -0.25) is 0 Å². The fourth-order valence-electron chi connectivity index (χ4n) is 0.659. The summed E-state index contributed by atoms with van der Waals surface area (Å²) in [5.41, 5.74) is 5.12. The van der Waals surface area contributed by atoms with Crippen molar-refractivity contribution in [2.75, 3.05) is 5.73 Å². The van der Waals surface area contributed by atoms with E-state index in [-0.39, 0.29) is 10.3 Å². The molecular formula is C6H3BrF4N2O. The number of hydrogen-bond donors (Lipinski definition) is 1. The van der Waals surface area contributed by atoms with E-state index in [2.05, 4.69) is 25.7 Å². The van der Waals surface area contributed by atoms with Crippen LogP contribution in [0.5, 0.6) is 5.75 Å². The molecule has 2 N–H and O–H groups in total. The molecule has 0 spiro atoms. The van der Waals surface area contributed by atoms with Gasteiger partial charge >= 0.3 is 6.36 Å². The Morgan fingerprint density at radius 3 is 2.50 bits per heavy atom. The number of halogens is 5. The number of nitrogens with two attached hydrogens (primary N) is 1. The number of aromatic nitrogens is 1. The molecule has 0 atom stereocenters. The van der Waals surface area contributed by atoms with Crippen LogP contribution in [0.2, 0.25) is 0 Å². The lowest BCUT2D eigenvalue weighted by molar-refractivity contribution is -0.275. The van der Waals surface area contributed by atoms with Crippen LogP contribution in [0.1, 0.15) is 0 Å². The molecule has 0 aromatic carbocycles. The van der Waals surface area contributed by atoms with Gasteiger partial charge in [0.05, 0.1) is 4.47 Å². The summed E-state index contributed by atoms with van der Waals surface area (Å²) in [5, 5.41) is 0. The van der Waals surface area contributed by atoms with Gasteiger partial charge in [-0.2, -0.15) is 9.37 Å². The van der Waals surface area contributed by atoms with Gasteiger partial charge in [0.15, 0.2) is 5.75 Å². The Bertz CT molecular complexity index is 354. The number of rotatable bonds is 1. The molecule has 1 heterocycles. The van der Waals surface area contributed by atoms with Crippen LogP contribution in [0.25, 0.3) is 0 Å². The molecule has 0 bridgehead atoms. The molecule has 0 fully saturated rings. The van der Waals surface area contributed by atoms with E-state index in [1.807, 2.05) is 0 Å². The van der Waals surface area contributed by atoms with E-state index in [0.29, 0.717) is 0 Å². The Labute approximate surface area is 84.0 Å². The normalized spacial score (nSPS) is 11.5. The number of pyridine rings is 1. The zero-order valence-electron chi connectivity index (χ0n) is 6.40. The molecule has 0 amide bonds. The summed E-state index contributed by atoms with van der Waals surface area (Å²) in [7, 11) is 0. The molecule has 0 aliphatic heterocycles. The Morgan fingerprint density at radius 1 is 1.43 bits per heavy atom. The monoisotopic (exact) mass is 274 g/mol. The molecule has 1 aromatic heterocycles. The lowest BCUT2D eigenvalue weighted by atomic mass is 10.4. The van der Waals surface area contributed by atoms with Gasteiger partial charge in [-0.05, 0) is 15.9 Å². The van der Waals surface area contributed by atoms with Crippen LogP contribution >= 0.6 is 15.9 Å². The van der Waals surface area contributed by atoms with Crippen molar-refractivity contribution in [1.29, 1.82) is 0 Å². The zero-order chi connectivity index (χ0) is 10.9. The first-order valence-electron chi connectivity index (χ1n) is 3.17. The summed E-state index contributed by atoms with van der Waals surface area (Å²) in [5.74, 6) is -2.70. The maximum absolute atomic E-state index is 12.7. The molecular weight excluding hydrogens is 272 g/mol. The quantitative estimate of drug-likeness (QED) is 0.632. The standard InChI is InChI=1S/C6H3BrF4N2O/c7-2-1-3(14-6(9,10)11)4(8)13-5(2)12/h1H,(H2,12,13). The summed E-state index contributed by atoms with van der Waals surface area (Å²) < 4.78 is 51.2. The van der Waals surface area contributed by atoms with Crippen molar-refractivity contribution < 1.29 is 22.3 Å². The number of hydrogen-bond acceptors (Lipinski definition) is 3. The van der Waals surface area contributed by atoms with Gasteiger partial charge in [-0.25, -0.2) is 0 Å². The maximum Gasteiger partial charge on any atom is 0.573 e. The Morgan fingerprint density at radius 2 is 2.00 bits per heavy atom. The Hall–Kier alpha value is -1.05. The van der Waals surface area contributed by atoms with E-state index in [0.717, 1.165) is 6.07 Å². The molecule has 0 saturated carbocycles. The number of nitrogens with zero attached hydrogens (tertiary/aromatic N) is 1.